The predicted molar refractivity (Wildman–Crippen MR) is 75.9 cm³/mol. The van der Waals surface area contributed by atoms with E-state index in [0.717, 1.165) is 21.3 Å². The SMILES string of the molecule is CCc1ccc(C(=O)Cc2ccc(Br)cc2)s1. The molecule has 0 fully saturated rings. The van der Waals surface area contributed by atoms with Crippen molar-refractivity contribution >= 4 is 33.0 Å². The van der Waals surface area contributed by atoms with Crippen LogP contribution in [0.4, 0.5) is 0 Å². The van der Waals surface area contributed by atoms with Gasteiger partial charge in [-0.3, -0.25) is 4.79 Å². The van der Waals surface area contributed by atoms with Gasteiger partial charge in [-0.15, -0.1) is 11.3 Å². The summed E-state index contributed by atoms with van der Waals surface area (Å²) in [7, 11) is 0. The van der Waals surface area contributed by atoms with Gasteiger partial charge in [0, 0.05) is 15.8 Å². The molecule has 1 aromatic carbocycles. The van der Waals surface area contributed by atoms with E-state index in [1.807, 2.05) is 36.4 Å². The zero-order chi connectivity index (χ0) is 12.3. The third kappa shape index (κ3) is 3.27. The van der Waals surface area contributed by atoms with Gasteiger partial charge in [-0.05, 0) is 36.2 Å². The first-order chi connectivity index (χ1) is 8.19. The van der Waals surface area contributed by atoms with E-state index in [4.69, 9.17) is 0 Å². The van der Waals surface area contributed by atoms with Crippen LogP contribution >= 0.6 is 27.3 Å². The van der Waals surface area contributed by atoms with Crippen molar-refractivity contribution in [3.8, 4) is 0 Å². The predicted octanol–water partition coefficient (Wildman–Crippen LogP) is 4.50. The fourth-order valence-electron chi connectivity index (χ4n) is 1.59. The van der Waals surface area contributed by atoms with E-state index in [9.17, 15) is 4.79 Å². The Bertz CT molecular complexity index is 513. The standard InChI is InChI=1S/C14H13BrOS/c1-2-12-7-8-14(17-12)13(16)9-10-3-5-11(15)6-4-10/h3-8H,2,9H2,1H3. The monoisotopic (exact) mass is 308 g/mol. The van der Waals surface area contributed by atoms with Gasteiger partial charge in [-0.2, -0.15) is 0 Å². The Kier molecular flexibility index (Phi) is 4.13. The van der Waals surface area contributed by atoms with Crippen LogP contribution < -0.4 is 0 Å². The van der Waals surface area contributed by atoms with Crippen LogP contribution in [0.2, 0.25) is 0 Å². The summed E-state index contributed by atoms with van der Waals surface area (Å²) in [5.74, 6) is 0.206. The second-order valence-electron chi connectivity index (χ2n) is 3.85. The van der Waals surface area contributed by atoms with E-state index >= 15 is 0 Å². The van der Waals surface area contributed by atoms with Gasteiger partial charge in [0.25, 0.3) is 0 Å². The van der Waals surface area contributed by atoms with Crippen LogP contribution in [0.25, 0.3) is 0 Å². The van der Waals surface area contributed by atoms with Crippen molar-refractivity contribution in [1.82, 2.24) is 0 Å². The van der Waals surface area contributed by atoms with Gasteiger partial charge in [0.15, 0.2) is 5.78 Å². The average molecular weight is 309 g/mol. The van der Waals surface area contributed by atoms with Crippen molar-refractivity contribution in [2.45, 2.75) is 19.8 Å². The number of thiophene rings is 1. The van der Waals surface area contributed by atoms with Crippen LogP contribution in [0.3, 0.4) is 0 Å². The third-order valence-corrected chi connectivity index (χ3v) is 4.36. The quantitative estimate of drug-likeness (QED) is 0.760. The molecule has 0 saturated carbocycles. The molecule has 1 nitrogen and oxygen atoms in total. The highest BCUT2D eigenvalue weighted by atomic mass is 79.9. The lowest BCUT2D eigenvalue weighted by Crippen LogP contribution is -2.00. The fourth-order valence-corrected chi connectivity index (χ4v) is 2.74. The van der Waals surface area contributed by atoms with Crippen LogP contribution in [0.15, 0.2) is 40.9 Å². The molecule has 1 aromatic heterocycles. The second-order valence-corrected chi connectivity index (χ2v) is 5.93. The number of benzene rings is 1. The Morgan fingerprint density at radius 3 is 2.47 bits per heavy atom. The summed E-state index contributed by atoms with van der Waals surface area (Å²) in [6, 6.07) is 11.9. The van der Waals surface area contributed by atoms with Crippen molar-refractivity contribution in [2.75, 3.05) is 0 Å². The average Bonchev–Trinajstić information content (AvgIpc) is 2.81. The number of hydrogen-bond acceptors (Lipinski definition) is 2. The molecule has 0 radical (unpaired) electrons. The highest BCUT2D eigenvalue weighted by Gasteiger charge is 2.09. The first kappa shape index (κ1) is 12.5. The minimum Gasteiger partial charge on any atom is -0.293 e. The van der Waals surface area contributed by atoms with Gasteiger partial charge in [0.2, 0.25) is 0 Å². The molecule has 0 aliphatic heterocycles. The highest BCUT2D eigenvalue weighted by Crippen LogP contribution is 2.19. The molecule has 0 saturated heterocycles. The largest absolute Gasteiger partial charge is 0.293 e. The molecular weight excluding hydrogens is 296 g/mol. The molecule has 2 aromatic rings. The highest BCUT2D eigenvalue weighted by molar-refractivity contribution is 9.10. The summed E-state index contributed by atoms with van der Waals surface area (Å²) in [4.78, 5) is 14.2. The van der Waals surface area contributed by atoms with E-state index in [-0.39, 0.29) is 5.78 Å². The van der Waals surface area contributed by atoms with Crippen molar-refractivity contribution in [3.63, 3.8) is 0 Å². The van der Waals surface area contributed by atoms with E-state index in [0.29, 0.717) is 6.42 Å². The molecule has 0 N–H and O–H groups in total. The van der Waals surface area contributed by atoms with Gasteiger partial charge in [0.1, 0.15) is 0 Å². The Hall–Kier alpha value is -0.930. The molecule has 0 unspecified atom stereocenters. The molecule has 17 heavy (non-hydrogen) atoms. The minimum atomic E-state index is 0.206. The van der Waals surface area contributed by atoms with Crippen molar-refractivity contribution in [2.24, 2.45) is 0 Å². The lowest BCUT2D eigenvalue weighted by Gasteiger charge is -1.99. The molecule has 0 amide bonds. The molecule has 0 aliphatic rings. The Morgan fingerprint density at radius 1 is 1.18 bits per heavy atom. The zero-order valence-corrected chi connectivity index (χ0v) is 12.0. The summed E-state index contributed by atoms with van der Waals surface area (Å²) in [6.45, 7) is 2.11. The van der Waals surface area contributed by atoms with E-state index < -0.39 is 0 Å². The van der Waals surface area contributed by atoms with E-state index in [2.05, 4.69) is 22.9 Å². The number of ketones is 1. The Labute approximate surface area is 114 Å². The van der Waals surface area contributed by atoms with Crippen molar-refractivity contribution in [1.29, 1.82) is 0 Å². The second kappa shape index (κ2) is 5.61. The molecule has 88 valence electrons. The Morgan fingerprint density at radius 2 is 1.88 bits per heavy atom. The molecule has 0 atom stereocenters. The minimum absolute atomic E-state index is 0.206. The zero-order valence-electron chi connectivity index (χ0n) is 9.57. The summed E-state index contributed by atoms with van der Waals surface area (Å²) in [5, 5.41) is 0. The number of hydrogen-bond donors (Lipinski definition) is 0. The van der Waals surface area contributed by atoms with Gasteiger partial charge >= 0.3 is 0 Å². The fraction of sp³-hybridized carbons (Fsp3) is 0.214. The van der Waals surface area contributed by atoms with Gasteiger partial charge < -0.3 is 0 Å². The maximum Gasteiger partial charge on any atom is 0.177 e. The van der Waals surface area contributed by atoms with Gasteiger partial charge in [-0.1, -0.05) is 35.0 Å². The number of aryl methyl sites for hydroxylation is 1. The van der Waals surface area contributed by atoms with Crippen LogP contribution in [-0.2, 0) is 12.8 Å². The number of carbonyl (C=O) groups is 1. The molecule has 0 bridgehead atoms. The smallest absolute Gasteiger partial charge is 0.177 e. The van der Waals surface area contributed by atoms with Crippen LogP contribution in [0, 0.1) is 0 Å². The molecule has 1 heterocycles. The summed E-state index contributed by atoms with van der Waals surface area (Å²) >= 11 is 4.99. The third-order valence-electron chi connectivity index (χ3n) is 2.56. The summed E-state index contributed by atoms with van der Waals surface area (Å²) < 4.78 is 1.04. The van der Waals surface area contributed by atoms with Gasteiger partial charge in [-0.25, -0.2) is 0 Å². The molecule has 3 heteroatoms. The first-order valence-corrected chi connectivity index (χ1v) is 7.16. The Balaban J connectivity index is 2.08. The molecular formula is C14H13BrOS. The van der Waals surface area contributed by atoms with Crippen LogP contribution in [-0.4, -0.2) is 5.78 Å². The van der Waals surface area contributed by atoms with E-state index in [1.165, 1.54) is 4.88 Å². The lowest BCUT2D eigenvalue weighted by atomic mass is 10.1. The normalized spacial score (nSPS) is 10.5. The van der Waals surface area contributed by atoms with Crippen LogP contribution in [0.5, 0.6) is 0 Å². The van der Waals surface area contributed by atoms with E-state index in [1.54, 1.807) is 11.3 Å². The number of rotatable bonds is 4. The topological polar surface area (TPSA) is 17.1 Å². The van der Waals surface area contributed by atoms with Crippen molar-refractivity contribution < 1.29 is 4.79 Å². The summed E-state index contributed by atoms with van der Waals surface area (Å²) in [6.07, 6.45) is 1.48. The number of carbonyl (C=O) groups excluding carboxylic acids is 1. The number of Topliss-reactive ketones (excluding diaryl/α,β-unsaturated/α-hetero) is 1. The van der Waals surface area contributed by atoms with Crippen molar-refractivity contribution in [3.05, 3.63) is 56.2 Å². The van der Waals surface area contributed by atoms with Crippen LogP contribution in [0.1, 0.15) is 27.0 Å². The molecule has 0 spiro atoms. The first-order valence-electron chi connectivity index (χ1n) is 5.55. The maximum atomic E-state index is 12.0. The van der Waals surface area contributed by atoms with Gasteiger partial charge in [0.05, 0.1) is 4.88 Å². The maximum absolute atomic E-state index is 12.0. The summed E-state index contributed by atoms with van der Waals surface area (Å²) in [5.41, 5.74) is 1.06. The molecule has 0 aliphatic carbocycles. The number of halogens is 1. The molecule has 2 rings (SSSR count). The lowest BCUT2D eigenvalue weighted by molar-refractivity contribution is 0.0997.